The Kier molecular flexibility index (Phi) is 4.19. The summed E-state index contributed by atoms with van der Waals surface area (Å²) in [6.07, 6.45) is 5.42. The van der Waals surface area contributed by atoms with Crippen molar-refractivity contribution in [3.05, 3.63) is 35.4 Å². The van der Waals surface area contributed by atoms with Gasteiger partial charge < -0.3 is 10.5 Å². The van der Waals surface area contributed by atoms with Crippen molar-refractivity contribution in [3.63, 3.8) is 0 Å². The maximum atomic E-state index is 6.19. The van der Waals surface area contributed by atoms with Crippen molar-refractivity contribution in [1.82, 2.24) is 0 Å². The molecule has 1 fully saturated rings. The minimum Gasteiger partial charge on any atom is -0.369 e. The third-order valence-electron chi connectivity index (χ3n) is 3.49. The Morgan fingerprint density at radius 1 is 1.29 bits per heavy atom. The highest BCUT2D eigenvalue weighted by Crippen LogP contribution is 2.29. The molecule has 94 valence electrons. The Labute approximate surface area is 104 Å². The lowest BCUT2D eigenvalue weighted by Crippen LogP contribution is -2.29. The van der Waals surface area contributed by atoms with Gasteiger partial charge in [-0.25, -0.2) is 0 Å². The topological polar surface area (TPSA) is 35.2 Å². The van der Waals surface area contributed by atoms with E-state index < -0.39 is 0 Å². The van der Waals surface area contributed by atoms with Crippen LogP contribution in [0.4, 0.5) is 0 Å². The van der Waals surface area contributed by atoms with Crippen LogP contribution in [0.3, 0.4) is 0 Å². The van der Waals surface area contributed by atoms with Crippen LogP contribution in [-0.2, 0) is 4.74 Å². The fourth-order valence-electron chi connectivity index (χ4n) is 2.58. The van der Waals surface area contributed by atoms with Crippen LogP contribution in [0.15, 0.2) is 24.3 Å². The zero-order valence-electron chi connectivity index (χ0n) is 10.9. The molecule has 0 amide bonds. The molecule has 1 aliphatic rings. The Bertz CT molecular complexity index is 356. The molecule has 0 spiro atoms. The van der Waals surface area contributed by atoms with E-state index in [9.17, 15) is 0 Å². The lowest BCUT2D eigenvalue weighted by molar-refractivity contribution is -0.0202. The Morgan fingerprint density at radius 3 is 2.59 bits per heavy atom. The molecule has 0 aliphatic heterocycles. The van der Waals surface area contributed by atoms with Gasteiger partial charge in [0.2, 0.25) is 0 Å². The third kappa shape index (κ3) is 3.30. The average molecular weight is 233 g/mol. The van der Waals surface area contributed by atoms with Gasteiger partial charge in [-0.2, -0.15) is 0 Å². The van der Waals surface area contributed by atoms with Crippen LogP contribution in [0.25, 0.3) is 0 Å². The lowest BCUT2D eigenvalue weighted by Gasteiger charge is -2.25. The van der Waals surface area contributed by atoms with Crippen LogP contribution >= 0.6 is 0 Å². The quantitative estimate of drug-likeness (QED) is 0.865. The zero-order valence-corrected chi connectivity index (χ0v) is 10.9. The van der Waals surface area contributed by atoms with E-state index in [4.69, 9.17) is 10.5 Å². The summed E-state index contributed by atoms with van der Waals surface area (Å²) in [5.41, 5.74) is 8.55. The first kappa shape index (κ1) is 12.6. The van der Waals surface area contributed by atoms with Crippen LogP contribution in [0, 0.1) is 6.92 Å². The van der Waals surface area contributed by atoms with Crippen LogP contribution in [0.2, 0.25) is 0 Å². The fraction of sp³-hybridized carbons (Fsp3) is 0.600. The van der Waals surface area contributed by atoms with Gasteiger partial charge >= 0.3 is 0 Å². The van der Waals surface area contributed by atoms with Crippen LogP contribution in [0.5, 0.6) is 0 Å². The summed E-state index contributed by atoms with van der Waals surface area (Å²) in [5.74, 6) is 0. The normalized spacial score (nSPS) is 20.4. The molecular weight excluding hydrogens is 210 g/mol. The summed E-state index contributed by atoms with van der Waals surface area (Å²) in [4.78, 5) is 0. The summed E-state index contributed by atoms with van der Waals surface area (Å²) in [5, 5.41) is 0. The minimum absolute atomic E-state index is 0.0393. The summed E-state index contributed by atoms with van der Waals surface area (Å²) >= 11 is 0. The van der Waals surface area contributed by atoms with E-state index in [1.165, 1.54) is 36.8 Å². The van der Waals surface area contributed by atoms with Gasteiger partial charge in [-0.15, -0.1) is 0 Å². The van der Waals surface area contributed by atoms with Gasteiger partial charge in [0.15, 0.2) is 0 Å². The van der Waals surface area contributed by atoms with Crippen LogP contribution in [-0.4, -0.2) is 12.1 Å². The van der Waals surface area contributed by atoms with E-state index in [2.05, 4.69) is 31.2 Å². The first-order chi connectivity index (χ1) is 8.16. The highest BCUT2D eigenvalue weighted by atomic mass is 16.5. The van der Waals surface area contributed by atoms with Gasteiger partial charge in [0.05, 0.1) is 12.2 Å². The summed E-state index contributed by atoms with van der Waals surface area (Å²) in [6, 6.07) is 8.53. The number of hydrogen-bond donors (Lipinski definition) is 1. The smallest absolute Gasteiger partial charge is 0.0976 e. The van der Waals surface area contributed by atoms with Crippen molar-refractivity contribution >= 4 is 0 Å². The van der Waals surface area contributed by atoms with Gasteiger partial charge in [-0.05, 0) is 32.3 Å². The standard InChI is InChI=1S/C15H23NO/c1-11-6-5-7-13(10-11)15(12(2)16)17-14-8-3-4-9-14/h5-7,10,12,14-15H,3-4,8-9,16H2,1-2H3. The second kappa shape index (κ2) is 5.65. The molecule has 0 saturated heterocycles. The molecule has 2 heteroatoms. The molecule has 2 N–H and O–H groups in total. The average Bonchev–Trinajstić information content (AvgIpc) is 2.78. The van der Waals surface area contributed by atoms with Gasteiger partial charge in [0.1, 0.15) is 0 Å². The van der Waals surface area contributed by atoms with Crippen molar-refractivity contribution in [3.8, 4) is 0 Å². The van der Waals surface area contributed by atoms with Gasteiger partial charge in [0.25, 0.3) is 0 Å². The van der Waals surface area contributed by atoms with Gasteiger partial charge in [-0.1, -0.05) is 42.7 Å². The monoisotopic (exact) mass is 233 g/mol. The lowest BCUT2D eigenvalue weighted by atomic mass is 10.0. The first-order valence-electron chi connectivity index (χ1n) is 6.64. The number of rotatable bonds is 4. The van der Waals surface area contributed by atoms with E-state index in [0.717, 1.165) is 0 Å². The van der Waals surface area contributed by atoms with Crippen molar-refractivity contribution in [2.24, 2.45) is 5.73 Å². The van der Waals surface area contributed by atoms with Crippen LogP contribution < -0.4 is 5.73 Å². The number of aryl methyl sites for hydroxylation is 1. The molecule has 0 aromatic heterocycles. The minimum atomic E-state index is 0.0393. The second-order valence-corrected chi connectivity index (χ2v) is 5.24. The molecule has 1 aromatic rings. The molecular formula is C15H23NO. The molecule has 0 bridgehead atoms. The largest absolute Gasteiger partial charge is 0.369 e. The third-order valence-corrected chi connectivity index (χ3v) is 3.49. The molecule has 2 nitrogen and oxygen atoms in total. The molecule has 17 heavy (non-hydrogen) atoms. The van der Waals surface area contributed by atoms with E-state index in [1.807, 2.05) is 6.92 Å². The predicted molar refractivity (Wildman–Crippen MR) is 70.9 cm³/mol. The van der Waals surface area contributed by atoms with Crippen molar-refractivity contribution in [2.75, 3.05) is 0 Å². The van der Waals surface area contributed by atoms with Crippen molar-refractivity contribution in [1.29, 1.82) is 0 Å². The Balaban J connectivity index is 2.10. The highest BCUT2D eigenvalue weighted by molar-refractivity contribution is 5.25. The van der Waals surface area contributed by atoms with E-state index in [0.29, 0.717) is 6.10 Å². The summed E-state index contributed by atoms with van der Waals surface area (Å²) < 4.78 is 6.19. The maximum Gasteiger partial charge on any atom is 0.0976 e. The molecule has 2 rings (SSSR count). The van der Waals surface area contributed by atoms with E-state index in [-0.39, 0.29) is 12.1 Å². The van der Waals surface area contributed by atoms with Gasteiger partial charge in [0, 0.05) is 6.04 Å². The molecule has 1 saturated carbocycles. The number of hydrogen-bond acceptors (Lipinski definition) is 2. The molecule has 1 aromatic carbocycles. The molecule has 2 atom stereocenters. The Morgan fingerprint density at radius 2 is 2.00 bits per heavy atom. The Hall–Kier alpha value is -0.860. The maximum absolute atomic E-state index is 6.19. The van der Waals surface area contributed by atoms with E-state index >= 15 is 0 Å². The summed E-state index contributed by atoms with van der Waals surface area (Å²) in [6.45, 7) is 4.14. The summed E-state index contributed by atoms with van der Waals surface area (Å²) in [7, 11) is 0. The fourth-order valence-corrected chi connectivity index (χ4v) is 2.58. The number of nitrogens with two attached hydrogens (primary N) is 1. The number of benzene rings is 1. The zero-order chi connectivity index (χ0) is 12.3. The van der Waals surface area contributed by atoms with Gasteiger partial charge in [-0.3, -0.25) is 0 Å². The molecule has 0 heterocycles. The molecule has 1 aliphatic carbocycles. The van der Waals surface area contributed by atoms with Crippen LogP contribution in [0.1, 0.15) is 49.8 Å². The molecule has 2 unspecified atom stereocenters. The second-order valence-electron chi connectivity index (χ2n) is 5.24. The SMILES string of the molecule is Cc1cccc(C(OC2CCCC2)C(C)N)c1. The van der Waals surface area contributed by atoms with E-state index in [1.54, 1.807) is 0 Å². The molecule has 0 radical (unpaired) electrons. The highest BCUT2D eigenvalue weighted by Gasteiger charge is 2.24. The first-order valence-corrected chi connectivity index (χ1v) is 6.64. The van der Waals surface area contributed by atoms with Crippen molar-refractivity contribution < 1.29 is 4.74 Å². The van der Waals surface area contributed by atoms with Crippen molar-refractivity contribution in [2.45, 2.75) is 57.8 Å². The number of ether oxygens (including phenoxy) is 1. The predicted octanol–water partition coefficient (Wildman–Crippen LogP) is 3.34.